The van der Waals surface area contributed by atoms with Gasteiger partial charge in [-0.2, -0.15) is 5.48 Å². The molecule has 2 fully saturated rings. The van der Waals surface area contributed by atoms with Gasteiger partial charge < -0.3 is 14.5 Å². The number of likely N-dealkylation sites (tertiary alicyclic amines) is 1. The molecule has 1 N–H and O–H groups in total. The van der Waals surface area contributed by atoms with Gasteiger partial charge in [0.25, 0.3) is 0 Å². The minimum absolute atomic E-state index is 0.200. The van der Waals surface area contributed by atoms with Gasteiger partial charge in [0.1, 0.15) is 6.61 Å². The van der Waals surface area contributed by atoms with E-state index < -0.39 is 0 Å². The van der Waals surface area contributed by atoms with Crippen LogP contribution in [0.2, 0.25) is 0 Å². The molecular weight excluding hydrogens is 384 g/mol. The molecule has 5 nitrogen and oxygen atoms in total. The number of benzene rings is 2. The van der Waals surface area contributed by atoms with E-state index in [9.17, 15) is 4.79 Å². The van der Waals surface area contributed by atoms with Crippen LogP contribution in [0.4, 0.5) is 4.79 Å². The molecule has 4 rings (SSSR count). The number of hydroxylamine groups is 1. The molecule has 2 atom stereocenters. The Bertz CT molecular complexity index is 770. The van der Waals surface area contributed by atoms with E-state index in [2.05, 4.69) is 33.5 Å². The molecule has 2 aliphatic rings. The molecule has 0 spiro atoms. The van der Waals surface area contributed by atoms with E-state index in [0.29, 0.717) is 19.7 Å². The number of nitrogens with zero attached hydrogens (tertiary/aromatic N) is 1. The van der Waals surface area contributed by atoms with Crippen molar-refractivity contribution in [3.05, 3.63) is 70.2 Å². The van der Waals surface area contributed by atoms with E-state index in [1.807, 2.05) is 42.5 Å². The van der Waals surface area contributed by atoms with Gasteiger partial charge in [-0.25, -0.2) is 4.79 Å². The second-order valence-electron chi connectivity index (χ2n) is 6.51. The smallest absolute Gasteiger partial charge is 0.410 e. The van der Waals surface area contributed by atoms with Gasteiger partial charge in [-0.1, -0.05) is 58.4 Å². The van der Waals surface area contributed by atoms with E-state index in [-0.39, 0.29) is 24.2 Å². The van der Waals surface area contributed by atoms with Crippen LogP contribution in [0, 0.1) is 5.92 Å². The first-order chi connectivity index (χ1) is 12.2. The van der Waals surface area contributed by atoms with Crippen LogP contribution in [0.15, 0.2) is 59.1 Å². The zero-order chi connectivity index (χ0) is 17.3. The van der Waals surface area contributed by atoms with E-state index >= 15 is 0 Å². The fraction of sp³-hybridized carbons (Fsp3) is 0.316. The SMILES string of the molecule is O=C(OCc1ccccc1)N1C[C@@H]2CON[C@@]2(c2cccc(Br)c2)C1. The summed E-state index contributed by atoms with van der Waals surface area (Å²) >= 11 is 3.52. The van der Waals surface area contributed by atoms with E-state index in [0.717, 1.165) is 15.6 Å². The normalized spacial score (nSPS) is 25.0. The lowest BCUT2D eigenvalue weighted by atomic mass is 9.83. The Morgan fingerprint density at radius 2 is 2.12 bits per heavy atom. The highest BCUT2D eigenvalue weighted by molar-refractivity contribution is 9.10. The molecule has 2 aromatic carbocycles. The average Bonchev–Trinajstić information content (AvgIpc) is 3.19. The van der Waals surface area contributed by atoms with Crippen molar-refractivity contribution in [3.8, 4) is 0 Å². The van der Waals surface area contributed by atoms with Crippen molar-refractivity contribution in [1.29, 1.82) is 0 Å². The highest BCUT2D eigenvalue weighted by Crippen LogP contribution is 2.41. The van der Waals surface area contributed by atoms with Gasteiger partial charge in [0.15, 0.2) is 0 Å². The predicted octanol–water partition coefficient (Wildman–Crippen LogP) is 3.45. The van der Waals surface area contributed by atoms with Crippen LogP contribution in [0.3, 0.4) is 0 Å². The molecule has 2 saturated heterocycles. The third-order valence-electron chi connectivity index (χ3n) is 4.92. The number of rotatable bonds is 3. The summed E-state index contributed by atoms with van der Waals surface area (Å²) in [4.78, 5) is 19.8. The first-order valence-electron chi connectivity index (χ1n) is 8.28. The van der Waals surface area contributed by atoms with Gasteiger partial charge in [-0.15, -0.1) is 0 Å². The van der Waals surface area contributed by atoms with Gasteiger partial charge in [0, 0.05) is 23.5 Å². The Balaban J connectivity index is 1.48. The van der Waals surface area contributed by atoms with Crippen LogP contribution in [0.5, 0.6) is 0 Å². The topological polar surface area (TPSA) is 50.8 Å². The van der Waals surface area contributed by atoms with Crippen molar-refractivity contribution >= 4 is 22.0 Å². The lowest BCUT2D eigenvalue weighted by molar-refractivity contribution is 0.0426. The molecule has 1 amide bonds. The maximum Gasteiger partial charge on any atom is 0.410 e. The Morgan fingerprint density at radius 3 is 2.92 bits per heavy atom. The van der Waals surface area contributed by atoms with Crippen molar-refractivity contribution < 1.29 is 14.4 Å². The summed E-state index contributed by atoms with van der Waals surface area (Å²) in [5.41, 5.74) is 4.88. The van der Waals surface area contributed by atoms with Gasteiger partial charge in [-0.05, 0) is 23.3 Å². The lowest BCUT2D eigenvalue weighted by Gasteiger charge is -2.28. The lowest BCUT2D eigenvalue weighted by Crippen LogP contribution is -2.44. The Morgan fingerprint density at radius 1 is 1.28 bits per heavy atom. The van der Waals surface area contributed by atoms with Crippen LogP contribution in [0.1, 0.15) is 11.1 Å². The van der Waals surface area contributed by atoms with E-state index in [4.69, 9.17) is 9.57 Å². The first kappa shape index (κ1) is 16.6. The molecule has 2 aromatic rings. The van der Waals surface area contributed by atoms with Crippen molar-refractivity contribution in [1.82, 2.24) is 10.4 Å². The molecule has 0 radical (unpaired) electrons. The number of fused-ring (bicyclic) bond motifs is 1. The average molecular weight is 403 g/mol. The third kappa shape index (κ3) is 3.17. The number of amides is 1. The molecule has 130 valence electrons. The Labute approximate surface area is 155 Å². The zero-order valence-electron chi connectivity index (χ0n) is 13.7. The van der Waals surface area contributed by atoms with Crippen molar-refractivity contribution in [2.45, 2.75) is 12.1 Å². The standard InChI is InChI=1S/C19H19BrN2O3/c20-17-8-4-7-15(9-17)19-13-22(10-16(19)12-25-21-19)18(23)24-11-14-5-2-1-3-6-14/h1-9,16,21H,10-13H2/t16-,19-/m1/s1. The molecule has 0 saturated carbocycles. The van der Waals surface area contributed by atoms with Crippen LogP contribution >= 0.6 is 15.9 Å². The van der Waals surface area contributed by atoms with Gasteiger partial charge in [0.2, 0.25) is 0 Å². The summed E-state index contributed by atoms with van der Waals surface area (Å²) in [5, 5.41) is 0. The number of hydrogen-bond donors (Lipinski definition) is 1. The third-order valence-corrected chi connectivity index (χ3v) is 5.41. The van der Waals surface area contributed by atoms with E-state index in [1.54, 1.807) is 4.90 Å². The molecule has 2 aliphatic heterocycles. The molecule has 25 heavy (non-hydrogen) atoms. The minimum atomic E-state index is -0.379. The second kappa shape index (κ2) is 6.78. The highest BCUT2D eigenvalue weighted by Gasteiger charge is 2.53. The number of carbonyl (C=O) groups is 1. The summed E-state index contributed by atoms with van der Waals surface area (Å²) in [5.74, 6) is 0.200. The second-order valence-corrected chi connectivity index (χ2v) is 7.43. The van der Waals surface area contributed by atoms with Crippen LogP contribution in [0.25, 0.3) is 0 Å². The van der Waals surface area contributed by atoms with Crippen molar-refractivity contribution in [2.75, 3.05) is 19.7 Å². The monoisotopic (exact) mass is 402 g/mol. The number of carbonyl (C=O) groups excluding carboxylic acids is 1. The molecule has 2 heterocycles. The van der Waals surface area contributed by atoms with Crippen LogP contribution in [-0.2, 0) is 21.7 Å². The largest absolute Gasteiger partial charge is 0.445 e. The molecule has 0 bridgehead atoms. The fourth-order valence-corrected chi connectivity index (χ4v) is 4.00. The molecule has 6 heteroatoms. The zero-order valence-corrected chi connectivity index (χ0v) is 15.2. The predicted molar refractivity (Wildman–Crippen MR) is 96.6 cm³/mol. The number of nitrogens with one attached hydrogen (secondary N) is 1. The molecule has 0 aromatic heterocycles. The quantitative estimate of drug-likeness (QED) is 0.853. The number of halogens is 1. The summed E-state index contributed by atoms with van der Waals surface area (Å²) in [7, 11) is 0. The van der Waals surface area contributed by atoms with Crippen molar-refractivity contribution in [2.24, 2.45) is 5.92 Å². The Kier molecular flexibility index (Phi) is 4.50. The molecule has 0 aliphatic carbocycles. The maximum atomic E-state index is 12.5. The van der Waals surface area contributed by atoms with Gasteiger partial charge in [0.05, 0.1) is 12.1 Å². The summed E-state index contributed by atoms with van der Waals surface area (Å²) in [6.45, 7) is 2.01. The highest BCUT2D eigenvalue weighted by atomic mass is 79.9. The summed E-state index contributed by atoms with van der Waals surface area (Å²) in [6, 6.07) is 17.9. The Hall–Kier alpha value is -1.89. The van der Waals surface area contributed by atoms with Crippen LogP contribution < -0.4 is 5.48 Å². The first-order valence-corrected chi connectivity index (χ1v) is 9.07. The van der Waals surface area contributed by atoms with Gasteiger partial charge >= 0.3 is 6.09 Å². The summed E-state index contributed by atoms with van der Waals surface area (Å²) in [6.07, 6.45) is -0.283. The minimum Gasteiger partial charge on any atom is -0.445 e. The number of hydrogen-bond acceptors (Lipinski definition) is 4. The number of ether oxygens (including phenoxy) is 1. The fourth-order valence-electron chi connectivity index (χ4n) is 3.60. The van der Waals surface area contributed by atoms with Crippen molar-refractivity contribution in [3.63, 3.8) is 0 Å². The van der Waals surface area contributed by atoms with Gasteiger partial charge in [-0.3, -0.25) is 0 Å². The molecule has 0 unspecified atom stereocenters. The van der Waals surface area contributed by atoms with Crippen LogP contribution in [-0.4, -0.2) is 30.7 Å². The molecular formula is C19H19BrN2O3. The summed E-state index contributed by atoms with van der Waals surface area (Å²) < 4.78 is 6.50. The van der Waals surface area contributed by atoms with E-state index in [1.165, 1.54) is 0 Å². The maximum absolute atomic E-state index is 12.5.